The molecule has 1 aromatic carbocycles. The fourth-order valence-corrected chi connectivity index (χ4v) is 4.14. The third kappa shape index (κ3) is 7.63. The average molecular weight is 411 g/mol. The highest BCUT2D eigenvalue weighted by Crippen LogP contribution is 2.25. The first-order chi connectivity index (χ1) is 12.7. The first kappa shape index (κ1) is 24.8. The first-order valence-electron chi connectivity index (χ1n) is 10.2. The molecule has 1 heterocycles. The second-order valence-electron chi connectivity index (χ2n) is 7.63. The van der Waals surface area contributed by atoms with E-state index in [0.717, 1.165) is 38.2 Å². The van der Waals surface area contributed by atoms with Gasteiger partial charge in [-0.25, -0.2) is 0 Å². The summed E-state index contributed by atoms with van der Waals surface area (Å²) in [4.78, 5) is 12.6. The molecule has 1 aliphatic heterocycles. The van der Waals surface area contributed by atoms with E-state index in [9.17, 15) is 4.79 Å². The number of carbonyl (C=O) groups is 1. The van der Waals surface area contributed by atoms with Crippen molar-refractivity contribution in [3.05, 3.63) is 28.8 Å². The normalized spacial score (nSPS) is 18.8. The molecule has 0 spiro atoms. The zero-order valence-corrected chi connectivity index (χ0v) is 16.3. The van der Waals surface area contributed by atoms with Crippen LogP contribution in [-0.4, -0.2) is 31.6 Å². The van der Waals surface area contributed by atoms with E-state index in [1.165, 1.54) is 44.9 Å². The van der Waals surface area contributed by atoms with Gasteiger partial charge in [0.1, 0.15) is 11.9 Å². The summed E-state index contributed by atoms with van der Waals surface area (Å²) in [6, 6.07) is 5.41. The molecule has 0 atom stereocenters. The number of benzene rings is 1. The number of carbonyl (C=O) groups excluding carboxylic acids is 1. The standard InChI is InChI=1S/C21H31ClN2O2.2CH4/c22-20-9-8-18(26-17-10-12-23-13-11-17)14-19(20)21(25)24-15-16-6-4-2-1-3-5-7-16;;/h8-9,14,16-17,23H,1-7,10-13,15H2,(H,24,25);2*1H4. The summed E-state index contributed by atoms with van der Waals surface area (Å²) >= 11 is 6.28. The minimum absolute atomic E-state index is 0. The smallest absolute Gasteiger partial charge is 0.252 e. The van der Waals surface area contributed by atoms with Gasteiger partial charge in [-0.3, -0.25) is 4.79 Å². The van der Waals surface area contributed by atoms with E-state index in [2.05, 4.69) is 10.6 Å². The van der Waals surface area contributed by atoms with Crippen molar-refractivity contribution in [3.63, 3.8) is 0 Å². The fourth-order valence-electron chi connectivity index (χ4n) is 3.93. The van der Waals surface area contributed by atoms with Gasteiger partial charge >= 0.3 is 0 Å². The maximum Gasteiger partial charge on any atom is 0.252 e. The van der Waals surface area contributed by atoms with Crippen molar-refractivity contribution in [1.29, 1.82) is 0 Å². The van der Waals surface area contributed by atoms with Crippen LogP contribution in [0, 0.1) is 5.92 Å². The molecule has 1 aromatic rings. The van der Waals surface area contributed by atoms with Crippen molar-refractivity contribution in [3.8, 4) is 5.75 Å². The number of rotatable bonds is 5. The fraction of sp³-hybridized carbons (Fsp3) is 0.696. The summed E-state index contributed by atoms with van der Waals surface area (Å²) < 4.78 is 6.05. The molecule has 0 unspecified atom stereocenters. The SMILES string of the molecule is C.C.O=C(NCC1CCCCCCC1)c1cc(OC2CCNCC2)ccc1Cl. The van der Waals surface area contributed by atoms with Gasteiger partial charge in [-0.15, -0.1) is 0 Å². The van der Waals surface area contributed by atoms with Crippen molar-refractivity contribution < 1.29 is 9.53 Å². The predicted molar refractivity (Wildman–Crippen MR) is 120 cm³/mol. The van der Waals surface area contributed by atoms with E-state index in [4.69, 9.17) is 16.3 Å². The number of piperidine rings is 1. The Morgan fingerprint density at radius 1 is 1.04 bits per heavy atom. The van der Waals surface area contributed by atoms with Gasteiger partial charge in [0.2, 0.25) is 0 Å². The van der Waals surface area contributed by atoms with Crippen LogP contribution in [0.4, 0.5) is 0 Å². The van der Waals surface area contributed by atoms with Gasteiger partial charge in [-0.05, 0) is 62.9 Å². The quantitative estimate of drug-likeness (QED) is 0.641. The molecule has 1 saturated heterocycles. The number of hydrogen-bond acceptors (Lipinski definition) is 3. The van der Waals surface area contributed by atoms with Crippen molar-refractivity contribution in [2.45, 2.75) is 78.7 Å². The number of halogens is 1. The Balaban J connectivity index is 0.00000196. The molecule has 3 rings (SSSR count). The van der Waals surface area contributed by atoms with Crippen molar-refractivity contribution in [2.24, 2.45) is 5.92 Å². The molecule has 0 aromatic heterocycles. The van der Waals surface area contributed by atoms with Gasteiger partial charge in [0.25, 0.3) is 5.91 Å². The Labute approximate surface area is 176 Å². The van der Waals surface area contributed by atoms with Crippen LogP contribution in [-0.2, 0) is 0 Å². The molecule has 1 saturated carbocycles. The Hall–Kier alpha value is -1.26. The van der Waals surface area contributed by atoms with E-state index < -0.39 is 0 Å². The lowest BCUT2D eigenvalue weighted by Crippen LogP contribution is -2.34. The Bertz CT molecular complexity index is 580. The van der Waals surface area contributed by atoms with Gasteiger partial charge < -0.3 is 15.4 Å². The molecule has 160 valence electrons. The molecule has 2 fully saturated rings. The van der Waals surface area contributed by atoms with Crippen LogP contribution in [0.1, 0.15) is 83.0 Å². The molecule has 1 amide bonds. The Morgan fingerprint density at radius 2 is 1.68 bits per heavy atom. The Morgan fingerprint density at radius 3 is 2.36 bits per heavy atom. The topological polar surface area (TPSA) is 50.4 Å². The van der Waals surface area contributed by atoms with E-state index in [1.807, 2.05) is 6.07 Å². The van der Waals surface area contributed by atoms with E-state index in [0.29, 0.717) is 16.5 Å². The number of amides is 1. The molecule has 4 nitrogen and oxygen atoms in total. The van der Waals surface area contributed by atoms with Crippen molar-refractivity contribution in [2.75, 3.05) is 19.6 Å². The van der Waals surface area contributed by atoms with Crippen LogP contribution in [0.5, 0.6) is 5.75 Å². The van der Waals surface area contributed by atoms with Gasteiger partial charge in [-0.2, -0.15) is 0 Å². The Kier molecular flexibility index (Phi) is 11.6. The van der Waals surface area contributed by atoms with Crippen LogP contribution in [0.3, 0.4) is 0 Å². The number of hydrogen-bond donors (Lipinski definition) is 2. The first-order valence-corrected chi connectivity index (χ1v) is 10.6. The third-order valence-corrected chi connectivity index (χ3v) is 5.88. The van der Waals surface area contributed by atoms with Gasteiger partial charge in [0.15, 0.2) is 0 Å². The molecule has 28 heavy (non-hydrogen) atoms. The van der Waals surface area contributed by atoms with Crippen LogP contribution in [0.2, 0.25) is 5.02 Å². The highest BCUT2D eigenvalue weighted by molar-refractivity contribution is 6.33. The minimum atomic E-state index is -0.0900. The highest BCUT2D eigenvalue weighted by Gasteiger charge is 2.18. The zero-order chi connectivity index (χ0) is 18.2. The maximum absolute atomic E-state index is 12.6. The van der Waals surface area contributed by atoms with E-state index in [-0.39, 0.29) is 26.9 Å². The summed E-state index contributed by atoms with van der Waals surface area (Å²) in [5.41, 5.74) is 0.518. The summed E-state index contributed by atoms with van der Waals surface area (Å²) in [5.74, 6) is 1.23. The molecule has 5 heteroatoms. The molecule has 0 bridgehead atoms. The van der Waals surface area contributed by atoms with Crippen LogP contribution >= 0.6 is 11.6 Å². The molecule has 0 radical (unpaired) electrons. The van der Waals surface area contributed by atoms with Gasteiger partial charge in [-0.1, -0.05) is 58.6 Å². The maximum atomic E-state index is 12.6. The van der Waals surface area contributed by atoms with Crippen molar-refractivity contribution in [1.82, 2.24) is 10.6 Å². The van der Waals surface area contributed by atoms with Gasteiger partial charge in [0.05, 0.1) is 10.6 Å². The van der Waals surface area contributed by atoms with Crippen molar-refractivity contribution >= 4 is 17.5 Å². The second kappa shape index (κ2) is 13.1. The van der Waals surface area contributed by atoms with Crippen LogP contribution < -0.4 is 15.4 Å². The number of nitrogens with one attached hydrogen (secondary N) is 2. The molecular formula is C23H39ClN2O2. The monoisotopic (exact) mass is 410 g/mol. The van der Waals surface area contributed by atoms with E-state index >= 15 is 0 Å². The molecule has 2 aliphatic rings. The second-order valence-corrected chi connectivity index (χ2v) is 8.04. The van der Waals surface area contributed by atoms with E-state index in [1.54, 1.807) is 12.1 Å². The zero-order valence-electron chi connectivity index (χ0n) is 15.6. The van der Waals surface area contributed by atoms with Crippen LogP contribution in [0.25, 0.3) is 0 Å². The number of ether oxygens (including phenoxy) is 1. The molecule has 2 N–H and O–H groups in total. The predicted octanol–water partition coefficient (Wildman–Crippen LogP) is 5.83. The summed E-state index contributed by atoms with van der Waals surface area (Å²) in [6.07, 6.45) is 11.2. The molecule has 1 aliphatic carbocycles. The summed E-state index contributed by atoms with van der Waals surface area (Å²) in [7, 11) is 0. The summed E-state index contributed by atoms with van der Waals surface area (Å²) in [5, 5.41) is 6.91. The largest absolute Gasteiger partial charge is 0.490 e. The summed E-state index contributed by atoms with van der Waals surface area (Å²) in [6.45, 7) is 2.70. The molecular weight excluding hydrogens is 372 g/mol. The highest BCUT2D eigenvalue weighted by atomic mass is 35.5. The lowest BCUT2D eigenvalue weighted by molar-refractivity contribution is 0.0943. The van der Waals surface area contributed by atoms with Gasteiger partial charge in [0, 0.05) is 6.54 Å². The average Bonchev–Trinajstić information content (AvgIpc) is 2.63. The van der Waals surface area contributed by atoms with Crippen LogP contribution in [0.15, 0.2) is 18.2 Å². The minimum Gasteiger partial charge on any atom is -0.490 e. The lowest BCUT2D eigenvalue weighted by atomic mass is 9.91. The third-order valence-electron chi connectivity index (χ3n) is 5.55. The lowest BCUT2D eigenvalue weighted by Gasteiger charge is -2.24.